The fourth-order valence-corrected chi connectivity index (χ4v) is 11.0. The molecule has 302 valence electrons. The molecular weight excluding hydrogens is 795 g/mol. The van der Waals surface area contributed by atoms with E-state index in [2.05, 4.69) is 226 Å². The summed E-state index contributed by atoms with van der Waals surface area (Å²) in [6.07, 6.45) is 0. The summed E-state index contributed by atoms with van der Waals surface area (Å²) >= 11 is 0. The van der Waals surface area contributed by atoms with Crippen molar-refractivity contribution in [3.05, 3.63) is 212 Å². The van der Waals surface area contributed by atoms with E-state index < -0.39 is 0 Å². The summed E-state index contributed by atoms with van der Waals surface area (Å²) in [4.78, 5) is 0. The molecule has 0 amide bonds. The minimum Gasteiger partial charge on any atom is -0.455 e. The Morgan fingerprint density at radius 2 is 0.677 bits per heavy atom. The zero-order chi connectivity index (χ0) is 42.3. The van der Waals surface area contributed by atoms with E-state index in [-0.39, 0.29) is 0 Å². The van der Waals surface area contributed by atoms with E-state index in [1.165, 1.54) is 43.4 Å². The van der Waals surface area contributed by atoms with Gasteiger partial charge in [-0.05, 0) is 90.5 Å². The molecule has 0 saturated heterocycles. The van der Waals surface area contributed by atoms with Crippen LogP contribution in [0, 0.1) is 0 Å². The van der Waals surface area contributed by atoms with Crippen LogP contribution in [0.2, 0.25) is 0 Å². The third-order valence-electron chi connectivity index (χ3n) is 13.8. The first-order valence-corrected chi connectivity index (χ1v) is 22.2. The van der Waals surface area contributed by atoms with Crippen LogP contribution in [0.25, 0.3) is 137 Å². The Labute approximate surface area is 370 Å². The summed E-state index contributed by atoms with van der Waals surface area (Å²) in [5.74, 6) is 0. The minimum atomic E-state index is 0.862. The van der Waals surface area contributed by atoms with Gasteiger partial charge in [-0.1, -0.05) is 127 Å². The van der Waals surface area contributed by atoms with Crippen LogP contribution in [0.3, 0.4) is 0 Å². The van der Waals surface area contributed by atoms with Gasteiger partial charge in [0.15, 0.2) is 5.58 Å². The highest BCUT2D eigenvalue weighted by atomic mass is 16.3. The van der Waals surface area contributed by atoms with Crippen molar-refractivity contribution in [1.82, 2.24) is 13.7 Å². The number of hydrogen-bond donors (Lipinski definition) is 0. The highest BCUT2D eigenvalue weighted by Crippen LogP contribution is 2.43. The largest absolute Gasteiger partial charge is 0.455 e. The van der Waals surface area contributed by atoms with Gasteiger partial charge in [0.1, 0.15) is 16.7 Å². The van der Waals surface area contributed by atoms with Crippen LogP contribution < -0.4 is 0 Å². The van der Waals surface area contributed by atoms with Crippen molar-refractivity contribution in [2.24, 2.45) is 0 Å². The summed E-state index contributed by atoms with van der Waals surface area (Å²) in [6, 6.07) is 76.4. The minimum absolute atomic E-state index is 0.862. The summed E-state index contributed by atoms with van der Waals surface area (Å²) in [6.45, 7) is 0. The van der Waals surface area contributed by atoms with Crippen LogP contribution in [0.1, 0.15) is 0 Å². The second-order valence-corrected chi connectivity index (χ2v) is 17.2. The van der Waals surface area contributed by atoms with E-state index >= 15 is 0 Å². The van der Waals surface area contributed by atoms with E-state index in [0.717, 1.165) is 94.1 Å². The standard InChI is InChI=1S/C60H35N3O2/c1-6-21-50-40(13-1)41-14-2-7-22-51(41)61(50)37-28-31-57-48(34-37)45-19-11-18-39(59(45)64-57)36-27-30-55-47(33-36)44-17-5-8-23-52(44)62(55)38-29-32-58-49(35-38)46-20-12-26-56(60(46)65-58)63-53-24-9-3-15-42(53)43-16-4-10-25-54(43)63/h1-35H. The monoisotopic (exact) mass is 829 g/mol. The lowest BCUT2D eigenvalue weighted by atomic mass is 10.00. The van der Waals surface area contributed by atoms with Gasteiger partial charge >= 0.3 is 0 Å². The van der Waals surface area contributed by atoms with Gasteiger partial charge in [0.25, 0.3) is 0 Å². The SMILES string of the molecule is c1cc(-c2ccc3c(c2)c2ccccc2n3-c2ccc3oc4c(-n5c6ccccc6c6ccccc65)cccc4c3c2)c2oc3ccc(-n4c5ccccc5c5ccccc54)cc3c2c1. The molecule has 0 fully saturated rings. The van der Waals surface area contributed by atoms with Gasteiger partial charge in [0.2, 0.25) is 0 Å². The number of furan rings is 2. The summed E-state index contributed by atoms with van der Waals surface area (Å²) in [5.41, 5.74) is 15.9. The number of nitrogens with zero attached hydrogens (tertiary/aromatic N) is 3. The molecule has 0 aliphatic carbocycles. The lowest BCUT2D eigenvalue weighted by Crippen LogP contribution is -1.94. The number of hydrogen-bond acceptors (Lipinski definition) is 2. The fraction of sp³-hybridized carbons (Fsp3) is 0. The molecule has 65 heavy (non-hydrogen) atoms. The first kappa shape index (κ1) is 34.7. The topological polar surface area (TPSA) is 41.1 Å². The van der Waals surface area contributed by atoms with Crippen LogP contribution >= 0.6 is 0 Å². The molecule has 0 bridgehead atoms. The quantitative estimate of drug-likeness (QED) is 0.177. The van der Waals surface area contributed by atoms with E-state index in [9.17, 15) is 0 Å². The molecule has 5 aromatic heterocycles. The van der Waals surface area contributed by atoms with Crippen LogP contribution in [0.15, 0.2) is 221 Å². The second kappa shape index (κ2) is 12.9. The Balaban J connectivity index is 0.876. The van der Waals surface area contributed by atoms with Gasteiger partial charge in [0.05, 0.1) is 38.8 Å². The summed E-state index contributed by atoms with van der Waals surface area (Å²) in [7, 11) is 0. The van der Waals surface area contributed by atoms with Crippen LogP contribution in [-0.2, 0) is 0 Å². The van der Waals surface area contributed by atoms with Gasteiger partial charge in [0, 0.05) is 70.8 Å². The number of rotatable bonds is 4. The average molecular weight is 830 g/mol. The molecule has 0 aliphatic heterocycles. The average Bonchev–Trinajstić information content (AvgIpc) is 4.17. The maximum absolute atomic E-state index is 6.79. The van der Waals surface area contributed by atoms with Gasteiger partial charge < -0.3 is 22.5 Å². The Bertz CT molecular complexity index is 4390. The van der Waals surface area contributed by atoms with Gasteiger partial charge in [-0.25, -0.2) is 0 Å². The lowest BCUT2D eigenvalue weighted by molar-refractivity contribution is 0.666. The molecule has 10 aromatic carbocycles. The Morgan fingerprint density at radius 3 is 1.22 bits per heavy atom. The molecular formula is C60H35N3O2. The number of fused-ring (bicyclic) bond motifs is 15. The third-order valence-corrected chi connectivity index (χ3v) is 13.8. The Morgan fingerprint density at radius 1 is 0.262 bits per heavy atom. The zero-order valence-corrected chi connectivity index (χ0v) is 34.9. The van der Waals surface area contributed by atoms with Crippen molar-refractivity contribution in [3.8, 4) is 28.2 Å². The number of para-hydroxylation sites is 7. The molecule has 0 saturated carbocycles. The highest BCUT2D eigenvalue weighted by molar-refractivity contribution is 6.16. The zero-order valence-electron chi connectivity index (χ0n) is 34.9. The Kier molecular flexibility index (Phi) is 6.89. The van der Waals surface area contributed by atoms with E-state index in [1.54, 1.807) is 0 Å². The third kappa shape index (κ3) is 4.76. The molecule has 15 rings (SSSR count). The fourth-order valence-electron chi connectivity index (χ4n) is 11.0. The molecule has 0 radical (unpaired) electrons. The lowest BCUT2D eigenvalue weighted by Gasteiger charge is -2.09. The molecule has 0 unspecified atom stereocenters. The van der Waals surface area contributed by atoms with Crippen molar-refractivity contribution in [3.63, 3.8) is 0 Å². The maximum atomic E-state index is 6.79. The molecule has 0 atom stereocenters. The van der Waals surface area contributed by atoms with Crippen LogP contribution in [-0.4, -0.2) is 13.7 Å². The normalized spacial score (nSPS) is 12.3. The predicted molar refractivity (Wildman–Crippen MR) is 269 cm³/mol. The molecule has 5 heterocycles. The molecule has 5 nitrogen and oxygen atoms in total. The van der Waals surface area contributed by atoms with Crippen molar-refractivity contribution in [1.29, 1.82) is 0 Å². The summed E-state index contributed by atoms with van der Waals surface area (Å²) < 4.78 is 20.7. The van der Waals surface area contributed by atoms with Crippen LogP contribution in [0.5, 0.6) is 0 Å². The van der Waals surface area contributed by atoms with Crippen molar-refractivity contribution in [2.75, 3.05) is 0 Å². The van der Waals surface area contributed by atoms with E-state index in [4.69, 9.17) is 8.83 Å². The molecule has 0 spiro atoms. The van der Waals surface area contributed by atoms with Crippen molar-refractivity contribution >= 4 is 109 Å². The van der Waals surface area contributed by atoms with Crippen molar-refractivity contribution < 1.29 is 8.83 Å². The van der Waals surface area contributed by atoms with Gasteiger partial charge in [-0.15, -0.1) is 0 Å². The van der Waals surface area contributed by atoms with Gasteiger partial charge in [-0.2, -0.15) is 0 Å². The predicted octanol–water partition coefficient (Wildman–Crippen LogP) is 16.4. The molecule has 15 aromatic rings. The van der Waals surface area contributed by atoms with E-state index in [0.29, 0.717) is 0 Å². The van der Waals surface area contributed by atoms with E-state index in [1.807, 2.05) is 0 Å². The maximum Gasteiger partial charge on any atom is 0.159 e. The smallest absolute Gasteiger partial charge is 0.159 e. The van der Waals surface area contributed by atoms with Crippen LogP contribution in [0.4, 0.5) is 0 Å². The molecule has 0 N–H and O–H groups in total. The highest BCUT2D eigenvalue weighted by Gasteiger charge is 2.21. The first-order chi connectivity index (χ1) is 32.2. The van der Waals surface area contributed by atoms with Gasteiger partial charge in [-0.3, -0.25) is 0 Å². The first-order valence-electron chi connectivity index (χ1n) is 22.2. The molecule has 5 heteroatoms. The Hall–Kier alpha value is -8.80. The second-order valence-electron chi connectivity index (χ2n) is 17.2. The molecule has 0 aliphatic rings. The number of benzene rings is 10. The summed E-state index contributed by atoms with van der Waals surface area (Å²) in [5, 5.41) is 11.7. The van der Waals surface area contributed by atoms with Crippen molar-refractivity contribution in [2.45, 2.75) is 0 Å². The number of aromatic nitrogens is 3.